The molecule has 0 aromatic carbocycles. The molecule has 2 rings (SSSR count). The van der Waals surface area contributed by atoms with Crippen molar-refractivity contribution in [3.05, 3.63) is 16.3 Å². The number of rotatable bonds is 2. The Balaban J connectivity index is 2.11. The lowest BCUT2D eigenvalue weighted by atomic mass is 9.98. The van der Waals surface area contributed by atoms with Crippen LogP contribution in [0.5, 0.6) is 0 Å². The van der Waals surface area contributed by atoms with Gasteiger partial charge in [-0.05, 0) is 56.8 Å². The molecule has 2 heterocycles. The van der Waals surface area contributed by atoms with E-state index < -0.39 is 0 Å². The molecule has 4 nitrogen and oxygen atoms in total. The fourth-order valence-corrected chi connectivity index (χ4v) is 3.90. The second-order valence-electron chi connectivity index (χ2n) is 5.12. The number of carbonyl (C=O) groups is 1. The number of ether oxygens (including phenoxy) is 1. The van der Waals surface area contributed by atoms with Gasteiger partial charge >= 0.3 is 5.97 Å². The minimum absolute atomic E-state index is 0.329. The lowest BCUT2D eigenvalue weighted by molar-refractivity contribution is 0.0607. The third-order valence-corrected chi connectivity index (χ3v) is 4.91. The standard InChI is InChI=1S/C14H20N2O2S2/c1-9-5-4-6-10(2)16(9)14(19)15-11-7-8-20-12(11)13(17)18-3/h7-10H,4-6H2,1-3H3,(H,15,19)/t9-,10-/m1/s1. The third kappa shape index (κ3) is 3.12. The number of likely N-dealkylation sites (tertiary alicyclic amines) is 1. The van der Waals surface area contributed by atoms with E-state index in [9.17, 15) is 4.79 Å². The highest BCUT2D eigenvalue weighted by Crippen LogP contribution is 2.27. The van der Waals surface area contributed by atoms with Crippen molar-refractivity contribution >= 4 is 40.3 Å². The van der Waals surface area contributed by atoms with Crippen LogP contribution >= 0.6 is 23.6 Å². The number of nitrogens with zero attached hydrogens (tertiary/aromatic N) is 1. The first-order valence-electron chi connectivity index (χ1n) is 6.79. The van der Waals surface area contributed by atoms with Crippen molar-refractivity contribution in [2.75, 3.05) is 12.4 Å². The van der Waals surface area contributed by atoms with Crippen molar-refractivity contribution in [2.45, 2.75) is 45.2 Å². The Bertz CT molecular complexity index is 491. The number of anilines is 1. The maximum absolute atomic E-state index is 11.7. The van der Waals surface area contributed by atoms with Crippen molar-refractivity contribution in [3.8, 4) is 0 Å². The van der Waals surface area contributed by atoms with Crippen LogP contribution in [-0.2, 0) is 4.74 Å². The van der Waals surface area contributed by atoms with Crippen molar-refractivity contribution in [1.29, 1.82) is 0 Å². The second-order valence-corrected chi connectivity index (χ2v) is 6.42. The van der Waals surface area contributed by atoms with E-state index in [0.717, 1.165) is 18.5 Å². The van der Waals surface area contributed by atoms with Gasteiger partial charge in [0.05, 0.1) is 12.8 Å². The van der Waals surface area contributed by atoms with Crippen LogP contribution in [0.15, 0.2) is 11.4 Å². The smallest absolute Gasteiger partial charge is 0.350 e. The van der Waals surface area contributed by atoms with Crippen LogP contribution in [0, 0.1) is 0 Å². The average Bonchev–Trinajstić information content (AvgIpc) is 2.85. The van der Waals surface area contributed by atoms with Gasteiger partial charge in [0, 0.05) is 12.1 Å². The number of hydrogen-bond acceptors (Lipinski definition) is 4. The first-order chi connectivity index (χ1) is 9.54. The molecule has 1 N–H and O–H groups in total. The molecule has 0 amide bonds. The van der Waals surface area contributed by atoms with Gasteiger partial charge < -0.3 is 15.0 Å². The highest BCUT2D eigenvalue weighted by molar-refractivity contribution is 7.80. The summed E-state index contributed by atoms with van der Waals surface area (Å²) in [5, 5.41) is 5.75. The van der Waals surface area contributed by atoms with Gasteiger partial charge in [0.2, 0.25) is 0 Å². The van der Waals surface area contributed by atoms with E-state index in [1.165, 1.54) is 24.9 Å². The summed E-state index contributed by atoms with van der Waals surface area (Å²) in [5.41, 5.74) is 0.733. The van der Waals surface area contributed by atoms with Gasteiger partial charge in [-0.2, -0.15) is 0 Å². The summed E-state index contributed by atoms with van der Waals surface area (Å²) in [6, 6.07) is 2.72. The van der Waals surface area contributed by atoms with Crippen LogP contribution in [-0.4, -0.2) is 35.2 Å². The van der Waals surface area contributed by atoms with Crippen molar-refractivity contribution in [2.24, 2.45) is 0 Å². The number of esters is 1. The second kappa shape index (κ2) is 6.54. The molecule has 0 spiro atoms. The molecule has 1 aromatic heterocycles. The fraction of sp³-hybridized carbons (Fsp3) is 0.571. The van der Waals surface area contributed by atoms with Crippen LogP contribution in [0.1, 0.15) is 42.8 Å². The number of thiocarbonyl (C=S) groups is 1. The van der Waals surface area contributed by atoms with Gasteiger partial charge in [0.25, 0.3) is 0 Å². The van der Waals surface area contributed by atoms with E-state index in [0.29, 0.717) is 22.1 Å². The van der Waals surface area contributed by atoms with Gasteiger partial charge in [-0.25, -0.2) is 4.79 Å². The first kappa shape index (κ1) is 15.3. The summed E-state index contributed by atoms with van der Waals surface area (Å²) in [6.07, 6.45) is 3.55. The molecule has 1 fully saturated rings. The molecule has 110 valence electrons. The van der Waals surface area contributed by atoms with Crippen LogP contribution in [0.4, 0.5) is 5.69 Å². The summed E-state index contributed by atoms with van der Waals surface area (Å²) in [4.78, 5) is 14.5. The van der Waals surface area contributed by atoms with Crippen LogP contribution in [0.2, 0.25) is 0 Å². The van der Waals surface area contributed by atoms with Crippen LogP contribution < -0.4 is 5.32 Å². The highest BCUT2D eigenvalue weighted by atomic mass is 32.1. The molecule has 1 saturated heterocycles. The predicted octanol–water partition coefficient (Wildman–Crippen LogP) is 3.49. The number of nitrogens with one attached hydrogen (secondary N) is 1. The van der Waals surface area contributed by atoms with Crippen molar-refractivity contribution in [3.63, 3.8) is 0 Å². The number of methoxy groups -OCH3 is 1. The van der Waals surface area contributed by atoms with Gasteiger partial charge in [-0.1, -0.05) is 0 Å². The van der Waals surface area contributed by atoms with Gasteiger partial charge in [0.1, 0.15) is 4.88 Å². The van der Waals surface area contributed by atoms with E-state index in [4.69, 9.17) is 17.0 Å². The predicted molar refractivity (Wildman–Crippen MR) is 86.5 cm³/mol. The topological polar surface area (TPSA) is 41.6 Å². The SMILES string of the molecule is COC(=O)c1sccc1NC(=S)N1[C@H](C)CCC[C@H]1C. The normalized spacial score (nSPS) is 22.4. The van der Waals surface area contributed by atoms with E-state index >= 15 is 0 Å². The molecule has 0 aliphatic carbocycles. The molecule has 1 aromatic rings. The summed E-state index contributed by atoms with van der Waals surface area (Å²) in [7, 11) is 1.39. The lowest BCUT2D eigenvalue weighted by Crippen LogP contribution is -2.49. The molecule has 0 radical (unpaired) electrons. The monoisotopic (exact) mass is 312 g/mol. The molecule has 1 aliphatic heterocycles. The Morgan fingerprint density at radius 3 is 2.70 bits per heavy atom. The van der Waals surface area contributed by atoms with Crippen molar-refractivity contribution < 1.29 is 9.53 Å². The average molecular weight is 312 g/mol. The minimum atomic E-state index is -0.329. The molecule has 20 heavy (non-hydrogen) atoms. The molecular weight excluding hydrogens is 292 g/mol. The summed E-state index contributed by atoms with van der Waals surface area (Å²) in [5.74, 6) is -0.329. The number of thiophene rings is 1. The quantitative estimate of drug-likeness (QED) is 0.669. The number of carbonyl (C=O) groups excluding carboxylic acids is 1. The molecule has 2 atom stereocenters. The Hall–Kier alpha value is -1.14. The zero-order valence-corrected chi connectivity index (χ0v) is 13.6. The molecule has 6 heteroatoms. The van der Waals surface area contributed by atoms with Crippen LogP contribution in [0.25, 0.3) is 0 Å². The van der Waals surface area contributed by atoms with Gasteiger partial charge in [0.15, 0.2) is 5.11 Å². The Morgan fingerprint density at radius 1 is 1.45 bits per heavy atom. The Kier molecular flexibility index (Phi) is 4.99. The Morgan fingerprint density at radius 2 is 2.10 bits per heavy atom. The van der Waals surface area contributed by atoms with E-state index in [2.05, 4.69) is 24.1 Å². The first-order valence-corrected chi connectivity index (χ1v) is 8.08. The molecule has 0 bridgehead atoms. The summed E-state index contributed by atoms with van der Waals surface area (Å²) >= 11 is 6.88. The van der Waals surface area contributed by atoms with Crippen molar-refractivity contribution in [1.82, 2.24) is 4.90 Å². The highest BCUT2D eigenvalue weighted by Gasteiger charge is 2.27. The minimum Gasteiger partial charge on any atom is -0.465 e. The third-order valence-electron chi connectivity index (χ3n) is 3.71. The van der Waals surface area contributed by atoms with Gasteiger partial charge in [-0.3, -0.25) is 0 Å². The molecule has 1 aliphatic rings. The Labute approximate surface area is 129 Å². The van der Waals surface area contributed by atoms with E-state index in [-0.39, 0.29) is 5.97 Å². The summed E-state index contributed by atoms with van der Waals surface area (Å²) in [6.45, 7) is 4.39. The molecular formula is C14H20N2O2S2. The number of piperidine rings is 1. The van der Waals surface area contributed by atoms with Gasteiger partial charge in [-0.15, -0.1) is 11.3 Å². The summed E-state index contributed by atoms with van der Waals surface area (Å²) < 4.78 is 4.78. The number of hydrogen-bond donors (Lipinski definition) is 1. The van der Waals surface area contributed by atoms with E-state index in [1.807, 2.05) is 11.4 Å². The maximum atomic E-state index is 11.7. The molecule has 0 saturated carbocycles. The zero-order valence-electron chi connectivity index (χ0n) is 12.0. The largest absolute Gasteiger partial charge is 0.465 e. The fourth-order valence-electron chi connectivity index (χ4n) is 2.66. The maximum Gasteiger partial charge on any atom is 0.350 e. The molecule has 0 unspecified atom stereocenters. The zero-order chi connectivity index (χ0) is 14.7. The van der Waals surface area contributed by atoms with Crippen LogP contribution in [0.3, 0.4) is 0 Å². The lowest BCUT2D eigenvalue weighted by Gasteiger charge is -2.40. The van der Waals surface area contributed by atoms with E-state index in [1.54, 1.807) is 0 Å².